The Bertz CT molecular complexity index is 987. The van der Waals surface area contributed by atoms with Crippen LogP contribution in [0.3, 0.4) is 0 Å². The molecule has 2 aliphatic heterocycles. The van der Waals surface area contributed by atoms with Crippen LogP contribution in [-0.4, -0.2) is 53.1 Å². The summed E-state index contributed by atoms with van der Waals surface area (Å²) in [6.07, 6.45) is 3.91. The lowest BCUT2D eigenvalue weighted by Crippen LogP contribution is -2.24. The van der Waals surface area contributed by atoms with E-state index in [0.717, 1.165) is 38.2 Å². The van der Waals surface area contributed by atoms with Crippen molar-refractivity contribution in [3.05, 3.63) is 77.4 Å². The van der Waals surface area contributed by atoms with Gasteiger partial charge in [0.2, 0.25) is 5.91 Å². The maximum atomic E-state index is 12.1. The summed E-state index contributed by atoms with van der Waals surface area (Å²) in [5.41, 5.74) is 5.24. The Balaban J connectivity index is 0.000000312. The molecule has 1 fully saturated rings. The first kappa shape index (κ1) is 23.2. The van der Waals surface area contributed by atoms with Gasteiger partial charge in [-0.1, -0.05) is 36.4 Å². The predicted molar refractivity (Wildman–Crippen MR) is 122 cm³/mol. The van der Waals surface area contributed by atoms with Gasteiger partial charge in [0.15, 0.2) is 0 Å². The molecule has 4 rings (SSSR count). The molecule has 7 heteroatoms. The Morgan fingerprint density at radius 1 is 1.00 bits per heavy atom. The first-order valence-electron chi connectivity index (χ1n) is 10.7. The summed E-state index contributed by atoms with van der Waals surface area (Å²) in [4.78, 5) is 35.5. The highest BCUT2D eigenvalue weighted by Gasteiger charge is 2.26. The third-order valence-electron chi connectivity index (χ3n) is 5.70. The zero-order chi connectivity index (χ0) is 23.1. The minimum atomic E-state index is -1.26. The summed E-state index contributed by atoms with van der Waals surface area (Å²) in [7, 11) is 2.19. The lowest BCUT2D eigenvalue weighted by Gasteiger charge is -2.21. The molecule has 0 spiro atoms. The number of anilines is 1. The molecule has 2 N–H and O–H groups in total. The van der Waals surface area contributed by atoms with E-state index in [-0.39, 0.29) is 5.91 Å². The monoisotopic (exact) mass is 436 g/mol. The molecule has 2 heterocycles. The van der Waals surface area contributed by atoms with Gasteiger partial charge in [-0.25, -0.2) is 9.59 Å². The van der Waals surface area contributed by atoms with E-state index in [0.29, 0.717) is 24.5 Å². The maximum Gasteiger partial charge on any atom is 0.328 e. The van der Waals surface area contributed by atoms with Crippen LogP contribution in [0.1, 0.15) is 41.9 Å². The number of benzene rings is 2. The zero-order valence-electron chi connectivity index (χ0n) is 18.1. The van der Waals surface area contributed by atoms with Gasteiger partial charge < -0.3 is 20.0 Å². The average molecular weight is 437 g/mol. The summed E-state index contributed by atoms with van der Waals surface area (Å²) in [5, 5.41) is 15.6. The SMILES string of the molecule is CN1CCC(c2ccccc2)c2ccc(N3CCCC3=O)cc2C1.O=C(O)/C=C\C(=O)O. The van der Waals surface area contributed by atoms with E-state index in [1.54, 1.807) is 0 Å². The van der Waals surface area contributed by atoms with E-state index in [1.165, 1.54) is 16.7 Å². The average Bonchev–Trinajstić information content (AvgIpc) is 3.12. The fraction of sp³-hybridized carbons (Fsp3) is 0.320. The largest absolute Gasteiger partial charge is 0.478 e. The second kappa shape index (κ2) is 10.7. The summed E-state index contributed by atoms with van der Waals surface area (Å²) >= 11 is 0. The molecule has 0 bridgehead atoms. The number of carboxylic acids is 2. The number of hydrogen-bond donors (Lipinski definition) is 2. The summed E-state index contributed by atoms with van der Waals surface area (Å²) < 4.78 is 0. The fourth-order valence-corrected chi connectivity index (χ4v) is 4.21. The third kappa shape index (κ3) is 6.04. The van der Waals surface area contributed by atoms with Crippen molar-refractivity contribution in [1.29, 1.82) is 0 Å². The van der Waals surface area contributed by atoms with Crippen LogP contribution in [0.2, 0.25) is 0 Å². The smallest absolute Gasteiger partial charge is 0.328 e. The Morgan fingerprint density at radius 2 is 1.69 bits per heavy atom. The molecule has 0 saturated carbocycles. The number of hydrogen-bond acceptors (Lipinski definition) is 4. The van der Waals surface area contributed by atoms with E-state index in [9.17, 15) is 14.4 Å². The minimum absolute atomic E-state index is 0.261. The van der Waals surface area contributed by atoms with E-state index in [2.05, 4.69) is 60.5 Å². The molecule has 1 amide bonds. The Kier molecular flexibility index (Phi) is 7.78. The van der Waals surface area contributed by atoms with Crippen LogP contribution in [0.5, 0.6) is 0 Å². The quantitative estimate of drug-likeness (QED) is 0.712. The van der Waals surface area contributed by atoms with Crippen molar-refractivity contribution in [1.82, 2.24) is 4.90 Å². The molecular formula is C25H28N2O5. The van der Waals surface area contributed by atoms with Crippen molar-refractivity contribution in [2.24, 2.45) is 0 Å². The summed E-state index contributed by atoms with van der Waals surface area (Å²) in [6.45, 7) is 2.90. The van der Waals surface area contributed by atoms with Gasteiger partial charge in [-0.2, -0.15) is 0 Å². The molecule has 2 aromatic carbocycles. The maximum absolute atomic E-state index is 12.1. The van der Waals surface area contributed by atoms with E-state index < -0.39 is 11.9 Å². The molecule has 7 nitrogen and oxygen atoms in total. The Labute approximate surface area is 187 Å². The zero-order valence-corrected chi connectivity index (χ0v) is 18.1. The third-order valence-corrected chi connectivity index (χ3v) is 5.70. The lowest BCUT2D eigenvalue weighted by atomic mass is 9.86. The molecule has 0 radical (unpaired) electrons. The van der Waals surface area contributed by atoms with E-state index in [4.69, 9.17) is 10.2 Å². The molecule has 1 atom stereocenters. The van der Waals surface area contributed by atoms with Crippen LogP contribution >= 0.6 is 0 Å². The van der Waals surface area contributed by atoms with Crippen LogP contribution in [0.4, 0.5) is 5.69 Å². The van der Waals surface area contributed by atoms with Gasteiger partial charge in [-0.05, 0) is 55.3 Å². The highest BCUT2D eigenvalue weighted by atomic mass is 16.4. The van der Waals surface area contributed by atoms with Crippen molar-refractivity contribution in [3.63, 3.8) is 0 Å². The van der Waals surface area contributed by atoms with Crippen molar-refractivity contribution >= 4 is 23.5 Å². The highest BCUT2D eigenvalue weighted by Crippen LogP contribution is 2.36. The Morgan fingerprint density at radius 3 is 2.28 bits per heavy atom. The first-order valence-corrected chi connectivity index (χ1v) is 10.7. The van der Waals surface area contributed by atoms with Crippen LogP contribution in [0, 0.1) is 0 Å². The number of carbonyl (C=O) groups excluding carboxylic acids is 1. The van der Waals surface area contributed by atoms with Crippen molar-refractivity contribution in [2.45, 2.75) is 31.7 Å². The predicted octanol–water partition coefficient (Wildman–Crippen LogP) is 3.49. The van der Waals surface area contributed by atoms with Crippen LogP contribution in [-0.2, 0) is 20.9 Å². The van der Waals surface area contributed by atoms with Gasteiger partial charge in [-0.3, -0.25) is 4.79 Å². The summed E-state index contributed by atoms with van der Waals surface area (Å²) in [5.74, 6) is -1.81. The molecular weight excluding hydrogens is 408 g/mol. The number of carboxylic acid groups (broad SMARTS) is 2. The standard InChI is InChI=1S/C21H24N2O.C4H4O4/c1-22-13-11-20(16-6-3-2-4-7-16)19-10-9-18(14-17(19)15-22)23-12-5-8-21(23)24;5-3(6)1-2-4(7)8/h2-4,6-7,9-10,14,20H,5,8,11-13,15H2,1H3;1-2H,(H,5,6)(H,7,8)/b;2-1-. The second-order valence-electron chi connectivity index (χ2n) is 8.03. The van der Waals surface area contributed by atoms with E-state index >= 15 is 0 Å². The second-order valence-corrected chi connectivity index (χ2v) is 8.03. The summed E-state index contributed by atoms with van der Waals surface area (Å²) in [6, 6.07) is 17.4. The normalized spacial score (nSPS) is 18.6. The molecule has 0 aromatic heterocycles. The molecule has 168 valence electrons. The molecule has 2 aliphatic rings. The van der Waals surface area contributed by atoms with Crippen LogP contribution < -0.4 is 4.90 Å². The minimum Gasteiger partial charge on any atom is -0.478 e. The van der Waals surface area contributed by atoms with Crippen molar-refractivity contribution in [2.75, 3.05) is 25.0 Å². The lowest BCUT2D eigenvalue weighted by molar-refractivity contribution is -0.134. The van der Waals surface area contributed by atoms with Gasteiger partial charge in [0.1, 0.15) is 0 Å². The molecule has 2 aromatic rings. The topological polar surface area (TPSA) is 98.2 Å². The first-order chi connectivity index (χ1) is 15.3. The number of fused-ring (bicyclic) bond motifs is 1. The molecule has 1 saturated heterocycles. The fourth-order valence-electron chi connectivity index (χ4n) is 4.21. The van der Waals surface area contributed by atoms with Crippen LogP contribution in [0.15, 0.2) is 60.7 Å². The number of aliphatic carboxylic acids is 2. The number of carbonyl (C=O) groups is 3. The van der Waals surface area contributed by atoms with Crippen molar-refractivity contribution < 1.29 is 24.6 Å². The van der Waals surface area contributed by atoms with Gasteiger partial charge >= 0.3 is 11.9 Å². The molecule has 0 aliphatic carbocycles. The van der Waals surface area contributed by atoms with Gasteiger partial charge in [0.25, 0.3) is 0 Å². The number of amides is 1. The number of nitrogens with zero attached hydrogens (tertiary/aromatic N) is 2. The van der Waals surface area contributed by atoms with Gasteiger partial charge in [0, 0.05) is 43.3 Å². The van der Waals surface area contributed by atoms with Crippen molar-refractivity contribution in [3.8, 4) is 0 Å². The van der Waals surface area contributed by atoms with Crippen LogP contribution in [0.25, 0.3) is 0 Å². The highest BCUT2D eigenvalue weighted by molar-refractivity contribution is 5.95. The Hall–Kier alpha value is -3.45. The number of rotatable bonds is 4. The van der Waals surface area contributed by atoms with Gasteiger partial charge in [-0.15, -0.1) is 0 Å². The van der Waals surface area contributed by atoms with Gasteiger partial charge in [0.05, 0.1) is 0 Å². The van der Waals surface area contributed by atoms with E-state index in [1.807, 2.05) is 4.90 Å². The molecule has 32 heavy (non-hydrogen) atoms. The molecule has 1 unspecified atom stereocenters.